The molecule has 0 radical (unpaired) electrons. The first-order valence-electron chi connectivity index (χ1n) is 9.74. The number of anilines is 1. The lowest BCUT2D eigenvalue weighted by atomic mass is 9.95. The molecule has 0 bridgehead atoms. The first-order chi connectivity index (χ1) is 14.3. The van der Waals surface area contributed by atoms with E-state index in [0.29, 0.717) is 17.7 Å². The Morgan fingerprint density at radius 1 is 1.23 bits per heavy atom. The van der Waals surface area contributed by atoms with E-state index in [4.69, 9.17) is 0 Å². The van der Waals surface area contributed by atoms with Gasteiger partial charge in [-0.15, -0.1) is 0 Å². The zero-order valence-corrected chi connectivity index (χ0v) is 17.0. The monoisotopic (exact) mass is 416 g/mol. The Balaban J connectivity index is 1.65. The molecule has 3 rings (SSSR count). The van der Waals surface area contributed by atoms with E-state index in [0.717, 1.165) is 0 Å². The fraction of sp³-hybridized carbons (Fsp3) is 0.400. The highest BCUT2D eigenvalue weighted by molar-refractivity contribution is 6.39. The van der Waals surface area contributed by atoms with Gasteiger partial charge in [-0.3, -0.25) is 19.7 Å². The summed E-state index contributed by atoms with van der Waals surface area (Å²) < 4.78 is 14.4. The van der Waals surface area contributed by atoms with Crippen molar-refractivity contribution in [1.82, 2.24) is 25.7 Å². The second-order valence-corrected chi connectivity index (χ2v) is 7.26. The molecule has 1 fully saturated rings. The largest absolute Gasteiger partial charge is 0.344 e. The van der Waals surface area contributed by atoms with Crippen LogP contribution >= 0.6 is 0 Å². The molecular formula is C20H25FN6O3. The Bertz CT molecular complexity index is 943. The van der Waals surface area contributed by atoms with Crippen molar-refractivity contribution in [3.05, 3.63) is 47.4 Å². The number of aromatic nitrogens is 2. The molecule has 0 spiro atoms. The molecule has 10 heteroatoms. The molecule has 30 heavy (non-hydrogen) atoms. The van der Waals surface area contributed by atoms with Gasteiger partial charge in [-0.1, -0.05) is 19.1 Å². The van der Waals surface area contributed by atoms with Crippen LogP contribution in [-0.4, -0.2) is 33.5 Å². The van der Waals surface area contributed by atoms with Gasteiger partial charge in [0, 0.05) is 18.7 Å². The highest BCUT2D eigenvalue weighted by atomic mass is 19.1. The van der Waals surface area contributed by atoms with Gasteiger partial charge >= 0.3 is 11.8 Å². The van der Waals surface area contributed by atoms with Gasteiger partial charge < -0.3 is 16.0 Å². The Kier molecular flexibility index (Phi) is 6.46. The van der Waals surface area contributed by atoms with E-state index in [1.54, 1.807) is 13.0 Å². The molecule has 3 amide bonds. The van der Waals surface area contributed by atoms with Gasteiger partial charge in [0.05, 0.1) is 11.6 Å². The zero-order chi connectivity index (χ0) is 21.8. The smallest absolute Gasteiger partial charge is 0.314 e. The average Bonchev–Trinajstić information content (AvgIpc) is 3.07. The number of carbonyl (C=O) groups excluding carboxylic acids is 3. The number of hydrogen-bond acceptors (Lipinski definition) is 5. The van der Waals surface area contributed by atoms with Gasteiger partial charge in [0.2, 0.25) is 5.91 Å². The SMILES string of the molecule is CCC1C(=O)NC(n2nc(C)cc2NC(=O)C(=O)NCc2ccc(F)cc2)NC1C. The first-order valence-corrected chi connectivity index (χ1v) is 9.74. The maximum Gasteiger partial charge on any atom is 0.314 e. The minimum atomic E-state index is -0.875. The Hall–Kier alpha value is -3.27. The highest BCUT2D eigenvalue weighted by Crippen LogP contribution is 2.21. The third-order valence-electron chi connectivity index (χ3n) is 5.00. The molecule has 160 valence electrons. The van der Waals surface area contributed by atoms with Crippen molar-refractivity contribution in [3.8, 4) is 0 Å². The van der Waals surface area contributed by atoms with E-state index < -0.39 is 18.1 Å². The molecular weight excluding hydrogens is 391 g/mol. The minimum Gasteiger partial charge on any atom is -0.344 e. The van der Waals surface area contributed by atoms with E-state index in [1.807, 2.05) is 13.8 Å². The highest BCUT2D eigenvalue weighted by Gasteiger charge is 2.34. The quantitative estimate of drug-likeness (QED) is 0.546. The van der Waals surface area contributed by atoms with Gasteiger partial charge in [-0.2, -0.15) is 5.10 Å². The first kappa shape index (κ1) is 21.4. The minimum absolute atomic E-state index is 0.0826. The van der Waals surface area contributed by atoms with Gasteiger partial charge in [-0.25, -0.2) is 9.07 Å². The van der Waals surface area contributed by atoms with Crippen LogP contribution < -0.4 is 21.3 Å². The van der Waals surface area contributed by atoms with Crippen molar-refractivity contribution in [2.24, 2.45) is 5.92 Å². The second kappa shape index (κ2) is 9.04. The predicted molar refractivity (Wildman–Crippen MR) is 107 cm³/mol. The molecule has 1 aromatic carbocycles. The van der Waals surface area contributed by atoms with Crippen molar-refractivity contribution in [2.45, 2.75) is 46.1 Å². The van der Waals surface area contributed by atoms with E-state index >= 15 is 0 Å². The summed E-state index contributed by atoms with van der Waals surface area (Å²) in [5, 5.41) is 15.4. The second-order valence-electron chi connectivity index (χ2n) is 7.26. The summed E-state index contributed by atoms with van der Waals surface area (Å²) in [6.45, 7) is 5.68. The maximum absolute atomic E-state index is 12.9. The third-order valence-corrected chi connectivity index (χ3v) is 5.00. The number of halogens is 1. The molecule has 3 unspecified atom stereocenters. The molecule has 0 aliphatic carbocycles. The number of rotatable bonds is 5. The normalized spacial score (nSPS) is 21.1. The molecule has 1 aliphatic heterocycles. The van der Waals surface area contributed by atoms with E-state index in [-0.39, 0.29) is 36.0 Å². The van der Waals surface area contributed by atoms with Crippen molar-refractivity contribution >= 4 is 23.5 Å². The van der Waals surface area contributed by atoms with Gasteiger partial charge in [0.15, 0.2) is 6.29 Å². The van der Waals surface area contributed by atoms with Crippen LogP contribution in [0.4, 0.5) is 10.2 Å². The number of carbonyl (C=O) groups is 3. The summed E-state index contributed by atoms with van der Waals surface area (Å²) in [4.78, 5) is 36.8. The molecule has 0 saturated carbocycles. The maximum atomic E-state index is 12.9. The number of amides is 3. The van der Waals surface area contributed by atoms with Crippen LogP contribution in [0, 0.1) is 18.7 Å². The predicted octanol–water partition coefficient (Wildman–Crippen LogP) is 1.18. The van der Waals surface area contributed by atoms with Crippen molar-refractivity contribution in [2.75, 3.05) is 5.32 Å². The van der Waals surface area contributed by atoms with Crippen LogP contribution in [0.1, 0.15) is 37.8 Å². The molecule has 1 aromatic heterocycles. The van der Waals surface area contributed by atoms with Crippen LogP contribution in [0.5, 0.6) is 0 Å². The number of aryl methyl sites for hydroxylation is 1. The fourth-order valence-corrected chi connectivity index (χ4v) is 3.39. The van der Waals surface area contributed by atoms with Crippen molar-refractivity contribution in [1.29, 1.82) is 0 Å². The zero-order valence-electron chi connectivity index (χ0n) is 17.0. The third kappa shape index (κ3) is 4.82. The average molecular weight is 416 g/mol. The standard InChI is InChI=1S/C20H25FN6O3/c1-4-15-12(3)23-20(25-17(15)28)27-16(9-11(2)26-27)24-19(30)18(29)22-10-13-5-7-14(21)8-6-13/h5-9,12,15,20,23H,4,10H2,1-3H3,(H,22,29)(H,24,30)(H,25,28). The lowest BCUT2D eigenvalue weighted by Crippen LogP contribution is -2.57. The van der Waals surface area contributed by atoms with Crippen LogP contribution in [-0.2, 0) is 20.9 Å². The van der Waals surface area contributed by atoms with Crippen LogP contribution in [0.25, 0.3) is 0 Å². The molecule has 2 aromatic rings. The molecule has 9 nitrogen and oxygen atoms in total. The molecule has 1 saturated heterocycles. The Morgan fingerprint density at radius 3 is 2.57 bits per heavy atom. The molecule has 4 N–H and O–H groups in total. The van der Waals surface area contributed by atoms with Crippen LogP contribution in [0.15, 0.2) is 30.3 Å². The van der Waals surface area contributed by atoms with Gasteiger partial charge in [0.1, 0.15) is 11.6 Å². The number of hydrogen-bond donors (Lipinski definition) is 4. The summed E-state index contributed by atoms with van der Waals surface area (Å²) in [5.74, 6) is -2.09. The Morgan fingerprint density at radius 2 is 1.93 bits per heavy atom. The van der Waals surface area contributed by atoms with Crippen LogP contribution in [0.2, 0.25) is 0 Å². The summed E-state index contributed by atoms with van der Waals surface area (Å²) >= 11 is 0. The van der Waals surface area contributed by atoms with Crippen molar-refractivity contribution in [3.63, 3.8) is 0 Å². The number of nitrogens with one attached hydrogen (secondary N) is 4. The van der Waals surface area contributed by atoms with E-state index in [9.17, 15) is 18.8 Å². The summed E-state index contributed by atoms with van der Waals surface area (Å²) in [5.41, 5.74) is 1.27. The Labute approximate surface area is 173 Å². The molecule has 3 atom stereocenters. The van der Waals surface area contributed by atoms with Crippen LogP contribution in [0.3, 0.4) is 0 Å². The fourth-order valence-electron chi connectivity index (χ4n) is 3.39. The van der Waals surface area contributed by atoms with Crippen molar-refractivity contribution < 1.29 is 18.8 Å². The van der Waals surface area contributed by atoms with E-state index in [1.165, 1.54) is 28.9 Å². The van der Waals surface area contributed by atoms with Gasteiger partial charge in [-0.05, 0) is 38.0 Å². The number of nitrogens with zero attached hydrogens (tertiary/aromatic N) is 2. The van der Waals surface area contributed by atoms with Gasteiger partial charge in [0.25, 0.3) is 0 Å². The molecule has 1 aliphatic rings. The lowest BCUT2D eigenvalue weighted by Gasteiger charge is -2.35. The summed E-state index contributed by atoms with van der Waals surface area (Å²) in [6, 6.07) is 7.12. The number of benzene rings is 1. The topological polar surface area (TPSA) is 117 Å². The summed E-state index contributed by atoms with van der Waals surface area (Å²) in [6.07, 6.45) is 0.0458. The molecule has 2 heterocycles. The van der Waals surface area contributed by atoms with E-state index in [2.05, 4.69) is 26.4 Å². The summed E-state index contributed by atoms with van der Waals surface area (Å²) in [7, 11) is 0. The lowest BCUT2D eigenvalue weighted by molar-refractivity contribution is -0.136.